The molecule has 0 spiro atoms. The predicted octanol–water partition coefficient (Wildman–Crippen LogP) is 8.05. The third-order valence-electron chi connectivity index (χ3n) is 10.5. The van der Waals surface area contributed by atoms with E-state index < -0.39 is 47.7 Å². The monoisotopic (exact) mass is 772 g/mol. The lowest BCUT2D eigenvalue weighted by molar-refractivity contribution is -0.134. The number of fused-ring (bicyclic) bond motifs is 2. The van der Waals surface area contributed by atoms with Gasteiger partial charge in [-0.25, -0.2) is 27.7 Å². The Morgan fingerprint density at radius 1 is 1.00 bits per heavy atom. The predicted molar refractivity (Wildman–Crippen MR) is 205 cm³/mol. The smallest absolute Gasteiger partial charge is 0.410 e. The van der Waals surface area contributed by atoms with Gasteiger partial charge in [0.15, 0.2) is 5.82 Å². The zero-order valence-electron chi connectivity index (χ0n) is 32.0. The van der Waals surface area contributed by atoms with Crippen molar-refractivity contribution in [3.8, 4) is 11.5 Å². The van der Waals surface area contributed by atoms with Crippen molar-refractivity contribution in [2.45, 2.75) is 103 Å². The first-order chi connectivity index (χ1) is 26.8. The van der Waals surface area contributed by atoms with E-state index in [1.165, 1.54) is 29.2 Å². The number of halogens is 3. The van der Waals surface area contributed by atoms with Gasteiger partial charge in [0.2, 0.25) is 5.91 Å². The van der Waals surface area contributed by atoms with E-state index >= 15 is 4.39 Å². The summed E-state index contributed by atoms with van der Waals surface area (Å²) < 4.78 is 57.3. The molecule has 296 valence electrons. The standard InChI is InChI=1S/C42H47F3N6O5/c1-5-33(48-40(53)55-24-25-10-7-6-8-11-25)39(52)49-17-9-12-29(49)21-32-31-15-13-26(43)19-34(31)46-37(32)38-47-35-20-27(44)14-16-36(35)51(38)23-30-18-28(45)22-50(30)41(54)56-42(2,3)4/h6-8,10-11,13-16,19-20,28-30,33,46H,5,9,12,17-18,21-24H2,1-4H3,(H,48,53)/t28-,29-,30-,33-/m0/s1. The summed E-state index contributed by atoms with van der Waals surface area (Å²) >= 11 is 0. The molecule has 11 nitrogen and oxygen atoms in total. The van der Waals surface area contributed by atoms with Crippen LogP contribution < -0.4 is 5.32 Å². The molecule has 2 aromatic heterocycles. The number of carbonyl (C=O) groups is 3. The van der Waals surface area contributed by atoms with Gasteiger partial charge in [0.05, 0.1) is 29.3 Å². The van der Waals surface area contributed by atoms with Crippen molar-refractivity contribution >= 4 is 40.0 Å². The highest BCUT2D eigenvalue weighted by Crippen LogP contribution is 2.37. The molecule has 4 atom stereocenters. The van der Waals surface area contributed by atoms with Crippen molar-refractivity contribution in [3.63, 3.8) is 0 Å². The van der Waals surface area contributed by atoms with Crippen LogP contribution in [0.5, 0.6) is 0 Å². The van der Waals surface area contributed by atoms with Crippen LogP contribution in [0.15, 0.2) is 66.7 Å². The number of aromatic nitrogens is 3. The number of carbonyl (C=O) groups excluding carboxylic acids is 3. The van der Waals surface area contributed by atoms with Crippen molar-refractivity contribution in [1.29, 1.82) is 0 Å². The number of alkyl carbamates (subject to hydrolysis) is 1. The molecule has 0 saturated carbocycles. The summed E-state index contributed by atoms with van der Waals surface area (Å²) in [6, 6.07) is 16.3. The Morgan fingerprint density at radius 3 is 2.50 bits per heavy atom. The van der Waals surface area contributed by atoms with E-state index in [-0.39, 0.29) is 38.1 Å². The van der Waals surface area contributed by atoms with Crippen molar-refractivity contribution in [1.82, 2.24) is 29.7 Å². The lowest BCUT2D eigenvalue weighted by Crippen LogP contribution is -2.50. The maximum Gasteiger partial charge on any atom is 0.410 e. The summed E-state index contributed by atoms with van der Waals surface area (Å²) in [5.74, 6) is -0.773. The Morgan fingerprint density at radius 2 is 1.75 bits per heavy atom. The van der Waals surface area contributed by atoms with E-state index in [1.807, 2.05) is 41.8 Å². The van der Waals surface area contributed by atoms with Crippen LogP contribution in [-0.4, -0.2) is 85.4 Å². The molecule has 5 aromatic rings. The SMILES string of the molecule is CC[C@H](NC(=O)OCc1ccccc1)C(=O)N1CCC[C@H]1Cc1c(-c2nc3cc(F)ccc3n2C[C@@H]2C[C@H](F)CN2C(=O)OC(C)(C)C)[nH]c2cc(F)ccc12. The van der Waals surface area contributed by atoms with Crippen molar-refractivity contribution in [3.05, 3.63) is 89.5 Å². The van der Waals surface area contributed by atoms with E-state index in [0.717, 1.165) is 22.9 Å². The van der Waals surface area contributed by atoms with Crippen molar-refractivity contribution < 1.29 is 37.0 Å². The van der Waals surface area contributed by atoms with Crippen LogP contribution >= 0.6 is 0 Å². The number of aromatic amines is 1. The van der Waals surface area contributed by atoms with E-state index in [0.29, 0.717) is 53.9 Å². The van der Waals surface area contributed by atoms with Gasteiger partial charge in [0, 0.05) is 42.5 Å². The third kappa shape index (κ3) is 8.34. The first kappa shape index (κ1) is 38.7. The molecule has 2 saturated heterocycles. The topological polar surface area (TPSA) is 122 Å². The number of ether oxygens (including phenoxy) is 2. The quantitative estimate of drug-likeness (QED) is 0.148. The van der Waals surface area contributed by atoms with Crippen LogP contribution in [0.3, 0.4) is 0 Å². The number of nitrogens with zero attached hydrogens (tertiary/aromatic N) is 4. The van der Waals surface area contributed by atoms with Gasteiger partial charge >= 0.3 is 12.2 Å². The Bertz CT molecular complexity index is 2230. The largest absolute Gasteiger partial charge is 0.445 e. The van der Waals surface area contributed by atoms with Gasteiger partial charge < -0.3 is 34.1 Å². The first-order valence-corrected chi connectivity index (χ1v) is 19.2. The molecule has 0 bridgehead atoms. The van der Waals surface area contributed by atoms with Gasteiger partial charge in [-0.05, 0) is 87.9 Å². The minimum atomic E-state index is -1.27. The zero-order valence-corrected chi connectivity index (χ0v) is 32.0. The number of alkyl halides is 1. The minimum Gasteiger partial charge on any atom is -0.445 e. The number of amides is 3. The molecule has 2 aliphatic rings. The Kier molecular flexibility index (Phi) is 11.0. The molecule has 2 aliphatic heterocycles. The van der Waals surface area contributed by atoms with E-state index in [1.54, 1.807) is 37.8 Å². The molecule has 3 amide bonds. The normalized spacial score (nSPS) is 19.2. The Balaban J connectivity index is 1.21. The van der Waals surface area contributed by atoms with Crippen LogP contribution in [0.25, 0.3) is 33.5 Å². The summed E-state index contributed by atoms with van der Waals surface area (Å²) in [4.78, 5) is 51.5. The Hall–Kier alpha value is -5.53. The zero-order chi connectivity index (χ0) is 39.7. The Labute approximate surface area is 323 Å². The molecule has 0 radical (unpaired) electrons. The number of likely N-dealkylation sites (tertiary alicyclic amines) is 2. The molecule has 3 aromatic carbocycles. The van der Waals surface area contributed by atoms with Gasteiger partial charge in [-0.2, -0.15) is 0 Å². The molecule has 14 heteroatoms. The maximum atomic E-state index is 15.0. The van der Waals surface area contributed by atoms with Crippen LogP contribution in [0.2, 0.25) is 0 Å². The number of nitrogens with one attached hydrogen (secondary N) is 2. The average Bonchev–Trinajstić information content (AvgIpc) is 3.94. The molecule has 0 aliphatic carbocycles. The van der Waals surface area contributed by atoms with Crippen molar-refractivity contribution in [2.24, 2.45) is 0 Å². The van der Waals surface area contributed by atoms with E-state index in [4.69, 9.17) is 14.5 Å². The lowest BCUT2D eigenvalue weighted by atomic mass is 9.99. The van der Waals surface area contributed by atoms with E-state index in [9.17, 15) is 23.2 Å². The number of rotatable bonds is 10. The fourth-order valence-corrected chi connectivity index (χ4v) is 7.92. The maximum absolute atomic E-state index is 15.0. The minimum absolute atomic E-state index is 0.0654. The molecule has 2 fully saturated rings. The highest BCUT2D eigenvalue weighted by atomic mass is 19.1. The van der Waals surface area contributed by atoms with Gasteiger partial charge in [-0.1, -0.05) is 37.3 Å². The van der Waals surface area contributed by atoms with Gasteiger partial charge in [-0.15, -0.1) is 0 Å². The number of hydrogen-bond donors (Lipinski definition) is 2. The second kappa shape index (κ2) is 15.9. The van der Waals surface area contributed by atoms with Crippen LogP contribution in [0, 0.1) is 11.6 Å². The molecule has 56 heavy (non-hydrogen) atoms. The number of hydrogen-bond acceptors (Lipinski definition) is 6. The molecular formula is C42H47F3N6O5. The van der Waals surface area contributed by atoms with Crippen LogP contribution in [0.1, 0.15) is 64.5 Å². The molecule has 0 unspecified atom stereocenters. The first-order valence-electron chi connectivity index (χ1n) is 19.2. The number of H-pyrrole nitrogens is 1. The second-order valence-electron chi connectivity index (χ2n) is 15.7. The average molecular weight is 773 g/mol. The summed E-state index contributed by atoms with van der Waals surface area (Å²) in [5, 5.41) is 3.47. The molecule has 7 rings (SSSR count). The van der Waals surface area contributed by atoms with Crippen LogP contribution in [0.4, 0.5) is 22.8 Å². The van der Waals surface area contributed by atoms with Crippen LogP contribution in [-0.2, 0) is 33.8 Å². The molecular weight excluding hydrogens is 725 g/mol. The third-order valence-corrected chi connectivity index (χ3v) is 10.5. The second-order valence-corrected chi connectivity index (χ2v) is 15.7. The molecule has 2 N–H and O–H groups in total. The van der Waals surface area contributed by atoms with Gasteiger partial charge in [-0.3, -0.25) is 4.79 Å². The highest BCUT2D eigenvalue weighted by Gasteiger charge is 2.39. The summed E-state index contributed by atoms with van der Waals surface area (Å²) in [6.07, 6.45) is -0.392. The fourth-order valence-electron chi connectivity index (χ4n) is 7.92. The molecule has 4 heterocycles. The lowest BCUT2D eigenvalue weighted by Gasteiger charge is -2.29. The highest BCUT2D eigenvalue weighted by molar-refractivity contribution is 5.92. The fraction of sp³-hybridized carbons (Fsp3) is 0.429. The van der Waals surface area contributed by atoms with Gasteiger partial charge in [0.25, 0.3) is 0 Å². The van der Waals surface area contributed by atoms with Gasteiger partial charge in [0.1, 0.15) is 36.1 Å². The van der Waals surface area contributed by atoms with Crippen molar-refractivity contribution in [2.75, 3.05) is 13.1 Å². The summed E-state index contributed by atoms with van der Waals surface area (Å²) in [7, 11) is 0. The summed E-state index contributed by atoms with van der Waals surface area (Å²) in [6.45, 7) is 7.62. The summed E-state index contributed by atoms with van der Waals surface area (Å²) in [5.41, 5.74) is 2.76. The number of benzene rings is 3. The van der Waals surface area contributed by atoms with E-state index in [2.05, 4.69) is 10.3 Å². The number of imidazole rings is 1.